The first kappa shape index (κ1) is 24.2. The fourth-order valence-corrected chi connectivity index (χ4v) is 4.11. The van der Waals surface area contributed by atoms with Gasteiger partial charge < -0.3 is 24.7 Å². The van der Waals surface area contributed by atoms with Crippen molar-refractivity contribution in [3.8, 4) is 5.75 Å². The number of para-hydroxylation sites is 2. The SMILES string of the molecule is CCNC(=NCCc1cn2cccc(C)c2n1)NC1CCN(c2ccccc2OC)C1.I. The third-order valence-electron chi connectivity index (χ3n) is 5.66. The van der Waals surface area contributed by atoms with Gasteiger partial charge in [0.05, 0.1) is 18.5 Å². The number of methoxy groups -OCH3 is 1. The van der Waals surface area contributed by atoms with Crippen molar-refractivity contribution in [2.45, 2.75) is 32.7 Å². The van der Waals surface area contributed by atoms with Gasteiger partial charge in [0.1, 0.15) is 11.4 Å². The number of ether oxygens (including phenoxy) is 1. The molecule has 3 aromatic rings. The lowest BCUT2D eigenvalue weighted by Crippen LogP contribution is -2.44. The van der Waals surface area contributed by atoms with Crippen LogP contribution < -0.4 is 20.3 Å². The van der Waals surface area contributed by atoms with Crippen molar-refractivity contribution < 1.29 is 4.74 Å². The second kappa shape index (κ2) is 11.4. The lowest BCUT2D eigenvalue weighted by Gasteiger charge is -2.22. The zero-order valence-corrected chi connectivity index (χ0v) is 21.4. The maximum atomic E-state index is 5.53. The molecule has 1 saturated heterocycles. The van der Waals surface area contributed by atoms with Gasteiger partial charge in [0, 0.05) is 51.0 Å². The number of hydrogen-bond acceptors (Lipinski definition) is 4. The Morgan fingerprint density at radius 2 is 2.09 bits per heavy atom. The van der Waals surface area contributed by atoms with Crippen LogP contribution in [0.4, 0.5) is 5.69 Å². The molecule has 1 unspecified atom stereocenters. The summed E-state index contributed by atoms with van der Waals surface area (Å²) >= 11 is 0. The van der Waals surface area contributed by atoms with Crippen LogP contribution in [0.5, 0.6) is 5.75 Å². The molecule has 0 amide bonds. The summed E-state index contributed by atoms with van der Waals surface area (Å²) in [6.07, 6.45) is 6.02. The lowest BCUT2D eigenvalue weighted by atomic mass is 10.2. The number of guanidine groups is 1. The van der Waals surface area contributed by atoms with Crippen LogP contribution in [0.3, 0.4) is 0 Å². The summed E-state index contributed by atoms with van der Waals surface area (Å²) in [4.78, 5) is 11.9. The molecule has 2 N–H and O–H groups in total. The highest BCUT2D eigenvalue weighted by Crippen LogP contribution is 2.30. The van der Waals surface area contributed by atoms with Gasteiger partial charge in [0.25, 0.3) is 0 Å². The molecule has 0 radical (unpaired) electrons. The van der Waals surface area contributed by atoms with Crippen LogP contribution in [0.1, 0.15) is 24.6 Å². The first-order valence-corrected chi connectivity index (χ1v) is 11.0. The van der Waals surface area contributed by atoms with Crippen LogP contribution in [0.15, 0.2) is 53.8 Å². The fourth-order valence-electron chi connectivity index (χ4n) is 4.11. The smallest absolute Gasteiger partial charge is 0.191 e. The molecule has 0 spiro atoms. The fraction of sp³-hybridized carbons (Fsp3) is 0.417. The Hall–Kier alpha value is -2.49. The molecular weight excluding hydrogens is 515 g/mol. The number of anilines is 1. The minimum absolute atomic E-state index is 0. The quantitative estimate of drug-likeness (QED) is 0.268. The number of imidazole rings is 1. The van der Waals surface area contributed by atoms with E-state index in [1.165, 1.54) is 5.56 Å². The predicted molar refractivity (Wildman–Crippen MR) is 142 cm³/mol. The van der Waals surface area contributed by atoms with Crippen molar-refractivity contribution in [2.75, 3.05) is 38.2 Å². The van der Waals surface area contributed by atoms with Crippen LogP contribution in [0.25, 0.3) is 5.65 Å². The number of hydrogen-bond donors (Lipinski definition) is 2. The molecule has 1 atom stereocenters. The van der Waals surface area contributed by atoms with Crippen molar-refractivity contribution in [3.05, 3.63) is 60.0 Å². The molecule has 2 aromatic heterocycles. The number of halogens is 1. The van der Waals surface area contributed by atoms with E-state index in [9.17, 15) is 0 Å². The molecule has 0 saturated carbocycles. The third kappa shape index (κ3) is 5.65. The van der Waals surface area contributed by atoms with Gasteiger partial charge in [0.2, 0.25) is 0 Å². The van der Waals surface area contributed by atoms with E-state index in [0.29, 0.717) is 12.6 Å². The molecule has 7 nitrogen and oxygen atoms in total. The second-order valence-electron chi connectivity index (χ2n) is 7.91. The minimum Gasteiger partial charge on any atom is -0.495 e. The molecular formula is C24H33IN6O. The van der Waals surface area contributed by atoms with Gasteiger partial charge in [-0.15, -0.1) is 24.0 Å². The maximum absolute atomic E-state index is 5.53. The summed E-state index contributed by atoms with van der Waals surface area (Å²) in [5.41, 5.74) is 4.43. The largest absolute Gasteiger partial charge is 0.495 e. The van der Waals surface area contributed by atoms with E-state index in [-0.39, 0.29) is 24.0 Å². The highest BCUT2D eigenvalue weighted by molar-refractivity contribution is 14.0. The van der Waals surface area contributed by atoms with E-state index >= 15 is 0 Å². The average Bonchev–Trinajstić information content (AvgIpc) is 3.41. The first-order valence-electron chi connectivity index (χ1n) is 11.0. The Kier molecular flexibility index (Phi) is 8.60. The summed E-state index contributed by atoms with van der Waals surface area (Å²) in [6, 6.07) is 12.7. The number of nitrogens with zero attached hydrogens (tertiary/aromatic N) is 4. The van der Waals surface area contributed by atoms with E-state index in [4.69, 9.17) is 14.7 Å². The van der Waals surface area contributed by atoms with E-state index in [1.54, 1.807) is 7.11 Å². The van der Waals surface area contributed by atoms with E-state index in [1.807, 2.05) is 18.3 Å². The number of aromatic nitrogens is 2. The summed E-state index contributed by atoms with van der Waals surface area (Å²) in [5.74, 6) is 1.79. The minimum atomic E-state index is 0. The van der Waals surface area contributed by atoms with Crippen LogP contribution in [0, 0.1) is 6.92 Å². The molecule has 1 aliphatic heterocycles. The standard InChI is InChI=1S/C24H32N6O.HI/c1-4-25-24(26-13-11-19-17-30-14-7-8-18(2)23(30)27-19)28-20-12-15-29(16-20)21-9-5-6-10-22(21)31-3;/h5-10,14,17,20H,4,11-13,15-16H2,1-3H3,(H2,25,26,28);1H. The monoisotopic (exact) mass is 548 g/mol. The number of aryl methyl sites for hydroxylation is 1. The number of rotatable bonds is 7. The first-order chi connectivity index (χ1) is 15.2. The highest BCUT2D eigenvalue weighted by atomic mass is 127. The van der Waals surface area contributed by atoms with Gasteiger partial charge in [-0.25, -0.2) is 4.98 Å². The number of pyridine rings is 1. The van der Waals surface area contributed by atoms with Crippen LogP contribution in [0.2, 0.25) is 0 Å². The molecule has 3 heterocycles. The molecule has 4 rings (SSSR count). The predicted octanol–water partition coefficient (Wildman–Crippen LogP) is 3.65. The normalized spacial score (nSPS) is 16.2. The van der Waals surface area contributed by atoms with E-state index < -0.39 is 0 Å². The number of aliphatic imine (C=N–C) groups is 1. The maximum Gasteiger partial charge on any atom is 0.191 e. The Balaban J connectivity index is 0.00000289. The molecule has 1 aliphatic rings. The Morgan fingerprint density at radius 1 is 1.25 bits per heavy atom. The van der Waals surface area contributed by atoms with Crippen LogP contribution >= 0.6 is 24.0 Å². The van der Waals surface area contributed by atoms with Gasteiger partial charge in [0.15, 0.2) is 5.96 Å². The van der Waals surface area contributed by atoms with Crippen molar-refractivity contribution in [1.29, 1.82) is 0 Å². The molecule has 8 heteroatoms. The van der Waals surface area contributed by atoms with Gasteiger partial charge in [-0.3, -0.25) is 4.99 Å². The van der Waals surface area contributed by atoms with E-state index in [2.05, 4.69) is 64.2 Å². The van der Waals surface area contributed by atoms with Gasteiger partial charge in [-0.2, -0.15) is 0 Å². The van der Waals surface area contributed by atoms with Crippen molar-refractivity contribution in [2.24, 2.45) is 4.99 Å². The van der Waals surface area contributed by atoms with Crippen molar-refractivity contribution in [1.82, 2.24) is 20.0 Å². The highest BCUT2D eigenvalue weighted by Gasteiger charge is 2.25. The van der Waals surface area contributed by atoms with Gasteiger partial charge in [-0.1, -0.05) is 18.2 Å². The third-order valence-corrected chi connectivity index (χ3v) is 5.66. The molecule has 32 heavy (non-hydrogen) atoms. The Labute approximate surface area is 207 Å². The van der Waals surface area contributed by atoms with Gasteiger partial charge in [-0.05, 0) is 44.0 Å². The topological polar surface area (TPSA) is 66.2 Å². The van der Waals surface area contributed by atoms with Crippen molar-refractivity contribution in [3.63, 3.8) is 0 Å². The summed E-state index contributed by atoms with van der Waals surface area (Å²) in [6.45, 7) is 7.64. The Bertz CT molecular complexity index is 1050. The molecule has 172 valence electrons. The number of fused-ring (bicyclic) bond motifs is 1. The Morgan fingerprint density at radius 3 is 2.88 bits per heavy atom. The number of benzene rings is 1. The zero-order valence-electron chi connectivity index (χ0n) is 19.0. The van der Waals surface area contributed by atoms with Gasteiger partial charge >= 0.3 is 0 Å². The molecule has 1 fully saturated rings. The molecule has 0 aliphatic carbocycles. The van der Waals surface area contributed by atoms with Crippen LogP contribution in [-0.4, -0.2) is 54.7 Å². The summed E-state index contributed by atoms with van der Waals surface area (Å²) < 4.78 is 7.62. The molecule has 0 bridgehead atoms. The van der Waals surface area contributed by atoms with Crippen LogP contribution in [-0.2, 0) is 6.42 Å². The summed E-state index contributed by atoms with van der Waals surface area (Å²) in [7, 11) is 1.73. The second-order valence-corrected chi connectivity index (χ2v) is 7.91. The number of nitrogens with one attached hydrogen (secondary N) is 2. The summed E-state index contributed by atoms with van der Waals surface area (Å²) in [5, 5.41) is 6.99. The van der Waals surface area contributed by atoms with Crippen molar-refractivity contribution >= 4 is 41.3 Å². The zero-order chi connectivity index (χ0) is 21.6. The van der Waals surface area contributed by atoms with E-state index in [0.717, 1.165) is 61.2 Å². The average molecular weight is 548 g/mol. The molecule has 1 aromatic carbocycles. The lowest BCUT2D eigenvalue weighted by molar-refractivity contribution is 0.415.